The lowest BCUT2D eigenvalue weighted by molar-refractivity contribution is -0.116. The van der Waals surface area contributed by atoms with Gasteiger partial charge < -0.3 is 5.11 Å². The van der Waals surface area contributed by atoms with Crippen molar-refractivity contribution in [1.82, 2.24) is 0 Å². The number of benzene rings is 2. The Labute approximate surface area is 137 Å². The fourth-order valence-corrected chi connectivity index (χ4v) is 3.57. The average Bonchev–Trinajstić information content (AvgIpc) is 2.63. The van der Waals surface area contributed by atoms with E-state index >= 15 is 0 Å². The molecule has 3 rings (SSSR count). The Bertz CT molecular complexity index is 647. The molecule has 2 aromatic rings. The summed E-state index contributed by atoms with van der Waals surface area (Å²) in [4.78, 5) is 12.1. The maximum atomic E-state index is 12.1. The predicted octanol–water partition coefficient (Wildman–Crippen LogP) is 4.03. The Hall–Kier alpha value is -2.19. The predicted molar refractivity (Wildman–Crippen MR) is 92.3 cm³/mol. The van der Waals surface area contributed by atoms with Crippen molar-refractivity contribution in [1.29, 1.82) is 0 Å². The number of aliphatic hydroxyl groups is 1. The number of rotatable bonds is 5. The molecule has 0 heterocycles. The zero-order valence-electron chi connectivity index (χ0n) is 13.2. The number of hydrogen-bond donors (Lipinski definition) is 1. The second-order valence-corrected chi connectivity index (χ2v) is 6.14. The first kappa shape index (κ1) is 15.7. The van der Waals surface area contributed by atoms with Crippen molar-refractivity contribution in [3.05, 3.63) is 83.4 Å². The standard InChI is InChI=1S/C21H22O2/c22-16-13-20(23)17-11-14-21(15-12-17,18-7-3-1-4-8-18)19-9-5-2-6-10-19/h1-11,22H,12-16H2. The largest absolute Gasteiger partial charge is 0.396 e. The van der Waals surface area contributed by atoms with E-state index in [4.69, 9.17) is 5.11 Å². The van der Waals surface area contributed by atoms with Gasteiger partial charge in [0.05, 0.1) is 6.61 Å². The molecule has 0 radical (unpaired) electrons. The van der Waals surface area contributed by atoms with E-state index in [0.29, 0.717) is 0 Å². The number of allylic oxidation sites excluding steroid dienone is 2. The van der Waals surface area contributed by atoms with Gasteiger partial charge in [-0.25, -0.2) is 0 Å². The van der Waals surface area contributed by atoms with Gasteiger partial charge in [-0.05, 0) is 36.0 Å². The molecule has 0 spiro atoms. The Morgan fingerprint density at radius 3 is 1.96 bits per heavy atom. The third-order valence-corrected chi connectivity index (χ3v) is 4.87. The van der Waals surface area contributed by atoms with Crippen LogP contribution in [-0.2, 0) is 10.2 Å². The van der Waals surface area contributed by atoms with E-state index < -0.39 is 0 Å². The molecule has 0 saturated carbocycles. The van der Waals surface area contributed by atoms with Gasteiger partial charge in [0, 0.05) is 11.8 Å². The fourth-order valence-electron chi connectivity index (χ4n) is 3.57. The van der Waals surface area contributed by atoms with E-state index in [2.05, 4.69) is 54.6 Å². The minimum Gasteiger partial charge on any atom is -0.396 e. The summed E-state index contributed by atoms with van der Waals surface area (Å²) in [6.07, 6.45) is 4.83. The highest BCUT2D eigenvalue weighted by atomic mass is 16.3. The molecule has 0 saturated heterocycles. The molecule has 118 valence electrons. The summed E-state index contributed by atoms with van der Waals surface area (Å²) in [7, 11) is 0. The van der Waals surface area contributed by atoms with Crippen LogP contribution in [0.2, 0.25) is 0 Å². The van der Waals surface area contributed by atoms with E-state index in [9.17, 15) is 4.79 Å². The minimum absolute atomic E-state index is 0.0640. The molecule has 2 nitrogen and oxygen atoms in total. The van der Waals surface area contributed by atoms with Gasteiger partial charge in [0.25, 0.3) is 0 Å². The summed E-state index contributed by atoms with van der Waals surface area (Å²) in [5, 5.41) is 8.98. The maximum Gasteiger partial charge on any atom is 0.160 e. The highest BCUT2D eigenvalue weighted by Gasteiger charge is 2.36. The molecular formula is C21H22O2. The van der Waals surface area contributed by atoms with Crippen molar-refractivity contribution in [2.24, 2.45) is 0 Å². The molecule has 1 aliphatic carbocycles. The first-order chi connectivity index (χ1) is 11.3. The van der Waals surface area contributed by atoms with Crippen molar-refractivity contribution in [2.45, 2.75) is 31.1 Å². The van der Waals surface area contributed by atoms with E-state index in [1.807, 2.05) is 12.1 Å². The molecule has 1 N–H and O–H groups in total. The average molecular weight is 306 g/mol. The maximum absolute atomic E-state index is 12.1. The van der Waals surface area contributed by atoms with Crippen molar-refractivity contribution in [3.63, 3.8) is 0 Å². The lowest BCUT2D eigenvalue weighted by atomic mass is 9.65. The Balaban J connectivity index is 1.99. The lowest BCUT2D eigenvalue weighted by Gasteiger charge is -2.37. The van der Waals surface area contributed by atoms with Gasteiger partial charge >= 0.3 is 0 Å². The highest BCUT2D eigenvalue weighted by molar-refractivity contribution is 5.95. The quantitative estimate of drug-likeness (QED) is 0.905. The van der Waals surface area contributed by atoms with Crippen molar-refractivity contribution < 1.29 is 9.90 Å². The molecule has 0 amide bonds. The van der Waals surface area contributed by atoms with E-state index in [0.717, 1.165) is 24.8 Å². The smallest absolute Gasteiger partial charge is 0.160 e. The fraction of sp³-hybridized carbons (Fsp3) is 0.286. The number of carbonyl (C=O) groups excluding carboxylic acids is 1. The van der Waals surface area contributed by atoms with Gasteiger partial charge in [0.1, 0.15) is 0 Å². The van der Waals surface area contributed by atoms with Gasteiger partial charge in [0.15, 0.2) is 5.78 Å². The molecule has 0 bridgehead atoms. The second-order valence-electron chi connectivity index (χ2n) is 6.14. The van der Waals surface area contributed by atoms with Crippen LogP contribution in [0, 0.1) is 0 Å². The molecular weight excluding hydrogens is 284 g/mol. The number of aliphatic hydroxyl groups excluding tert-OH is 1. The number of hydrogen-bond acceptors (Lipinski definition) is 2. The summed E-state index contributed by atoms with van der Waals surface area (Å²) in [6.45, 7) is -0.0707. The van der Waals surface area contributed by atoms with Crippen LogP contribution in [0.4, 0.5) is 0 Å². The molecule has 0 atom stereocenters. The van der Waals surface area contributed by atoms with Crippen molar-refractivity contribution in [2.75, 3.05) is 6.61 Å². The monoisotopic (exact) mass is 306 g/mol. The molecule has 0 aromatic heterocycles. The van der Waals surface area contributed by atoms with Gasteiger partial charge in [-0.2, -0.15) is 0 Å². The first-order valence-electron chi connectivity index (χ1n) is 8.20. The van der Waals surface area contributed by atoms with E-state index in [1.165, 1.54) is 11.1 Å². The summed E-state index contributed by atoms with van der Waals surface area (Å²) >= 11 is 0. The molecule has 0 unspecified atom stereocenters. The van der Waals surface area contributed by atoms with Crippen LogP contribution in [0.1, 0.15) is 36.8 Å². The van der Waals surface area contributed by atoms with Crippen LogP contribution in [0.15, 0.2) is 72.3 Å². The minimum atomic E-state index is -0.0707. The Morgan fingerprint density at radius 2 is 1.52 bits per heavy atom. The molecule has 2 heteroatoms. The normalized spacial score (nSPS) is 16.7. The zero-order valence-corrected chi connectivity index (χ0v) is 13.2. The third kappa shape index (κ3) is 3.13. The van der Waals surface area contributed by atoms with Gasteiger partial charge in [-0.3, -0.25) is 4.79 Å². The number of carbonyl (C=O) groups is 1. The van der Waals surface area contributed by atoms with E-state index in [1.54, 1.807) is 0 Å². The summed E-state index contributed by atoms with van der Waals surface area (Å²) < 4.78 is 0. The Kier molecular flexibility index (Phi) is 4.73. The topological polar surface area (TPSA) is 37.3 Å². The van der Waals surface area contributed by atoms with Gasteiger partial charge in [-0.1, -0.05) is 66.7 Å². The lowest BCUT2D eigenvalue weighted by Crippen LogP contribution is -2.30. The summed E-state index contributed by atoms with van der Waals surface area (Å²) in [5.74, 6) is 0.0854. The van der Waals surface area contributed by atoms with Crippen molar-refractivity contribution in [3.8, 4) is 0 Å². The molecule has 1 aliphatic rings. The number of Topliss-reactive ketones (excluding diaryl/α,β-unsaturated/α-hetero) is 1. The SMILES string of the molecule is O=C(CCO)C1=CCC(c2ccccc2)(c2ccccc2)CC1. The molecule has 0 aliphatic heterocycles. The number of ketones is 1. The third-order valence-electron chi connectivity index (χ3n) is 4.87. The second kappa shape index (κ2) is 6.93. The first-order valence-corrected chi connectivity index (χ1v) is 8.20. The molecule has 0 fully saturated rings. The summed E-state index contributed by atoms with van der Waals surface area (Å²) in [5.41, 5.74) is 3.42. The Morgan fingerprint density at radius 1 is 0.957 bits per heavy atom. The van der Waals surface area contributed by atoms with Gasteiger partial charge in [-0.15, -0.1) is 0 Å². The molecule has 2 aromatic carbocycles. The zero-order chi connectivity index (χ0) is 16.1. The van der Waals surface area contributed by atoms with Crippen LogP contribution in [0.5, 0.6) is 0 Å². The van der Waals surface area contributed by atoms with E-state index in [-0.39, 0.29) is 24.2 Å². The van der Waals surface area contributed by atoms with Crippen LogP contribution in [0.25, 0.3) is 0 Å². The molecule has 23 heavy (non-hydrogen) atoms. The van der Waals surface area contributed by atoms with Gasteiger partial charge in [0.2, 0.25) is 0 Å². The highest BCUT2D eigenvalue weighted by Crippen LogP contribution is 2.44. The summed E-state index contributed by atoms with van der Waals surface area (Å²) in [6, 6.07) is 21.1. The van der Waals surface area contributed by atoms with Crippen LogP contribution in [0.3, 0.4) is 0 Å². The van der Waals surface area contributed by atoms with Crippen molar-refractivity contribution >= 4 is 5.78 Å². The van der Waals surface area contributed by atoms with Crippen LogP contribution in [-0.4, -0.2) is 17.5 Å². The van der Waals surface area contributed by atoms with Crippen LogP contribution >= 0.6 is 0 Å². The van der Waals surface area contributed by atoms with Crippen LogP contribution < -0.4 is 0 Å².